The van der Waals surface area contributed by atoms with Crippen molar-refractivity contribution in [3.8, 4) is 11.5 Å². The number of carboxylic acid groups (broad SMARTS) is 1. The van der Waals surface area contributed by atoms with Crippen molar-refractivity contribution in [3.05, 3.63) is 23.8 Å². The molecule has 0 aromatic heterocycles. The van der Waals surface area contributed by atoms with Gasteiger partial charge in [-0.1, -0.05) is 0 Å². The summed E-state index contributed by atoms with van der Waals surface area (Å²) in [5.74, 6) is -1.83. The second kappa shape index (κ2) is 7.11. The van der Waals surface area contributed by atoms with Crippen LogP contribution in [0.25, 0.3) is 0 Å². The number of rotatable bonds is 5. The Labute approximate surface area is 131 Å². The van der Waals surface area contributed by atoms with Crippen molar-refractivity contribution in [1.82, 2.24) is 0 Å². The van der Waals surface area contributed by atoms with E-state index in [0.29, 0.717) is 0 Å². The fourth-order valence-electron chi connectivity index (χ4n) is 2.32. The number of methoxy groups -OCH3 is 1. The van der Waals surface area contributed by atoms with E-state index in [2.05, 4.69) is 0 Å². The molecular formula is C14H18O9. The highest BCUT2D eigenvalue weighted by molar-refractivity contribution is 5.88. The maximum absolute atomic E-state index is 10.8. The minimum absolute atomic E-state index is 0.140. The summed E-state index contributed by atoms with van der Waals surface area (Å²) < 4.78 is 15.6. The van der Waals surface area contributed by atoms with Crippen LogP contribution in [0.15, 0.2) is 18.2 Å². The van der Waals surface area contributed by atoms with Crippen molar-refractivity contribution in [2.75, 3.05) is 13.7 Å². The number of carboxylic acids is 1. The predicted molar refractivity (Wildman–Crippen MR) is 74.3 cm³/mol. The van der Waals surface area contributed by atoms with Crippen LogP contribution in [-0.2, 0) is 9.47 Å². The zero-order valence-corrected chi connectivity index (χ0v) is 12.2. The number of aromatic carboxylic acids is 1. The fraction of sp³-hybridized carbons (Fsp3) is 0.500. The molecule has 1 aliphatic heterocycles. The van der Waals surface area contributed by atoms with Gasteiger partial charge in [-0.15, -0.1) is 0 Å². The first kappa shape index (κ1) is 17.4. The SMILES string of the molecule is CO[C@H]1[C@H](O)[C@@H](O)[C@H](Oc2ccc(C(=O)O)cc2O)O[C@@H]1CO. The third-order valence-electron chi connectivity index (χ3n) is 3.54. The van der Waals surface area contributed by atoms with Crippen molar-refractivity contribution in [2.45, 2.75) is 30.7 Å². The molecule has 23 heavy (non-hydrogen) atoms. The van der Waals surface area contributed by atoms with Gasteiger partial charge in [-0.3, -0.25) is 0 Å². The zero-order chi connectivity index (χ0) is 17.1. The van der Waals surface area contributed by atoms with Gasteiger partial charge in [0.2, 0.25) is 6.29 Å². The number of hydrogen-bond donors (Lipinski definition) is 5. The summed E-state index contributed by atoms with van der Waals surface area (Å²) >= 11 is 0. The van der Waals surface area contributed by atoms with Crippen molar-refractivity contribution in [3.63, 3.8) is 0 Å². The highest BCUT2D eigenvalue weighted by atomic mass is 16.7. The molecule has 0 spiro atoms. The molecule has 1 saturated heterocycles. The van der Waals surface area contributed by atoms with E-state index >= 15 is 0 Å². The van der Waals surface area contributed by atoms with Gasteiger partial charge in [0, 0.05) is 7.11 Å². The standard InChI is InChI=1S/C14H18O9/c1-21-12-9(5-15)23-14(11(18)10(12)17)22-8-3-2-6(13(19)20)4-7(8)16/h2-4,9-12,14-18H,5H2,1H3,(H,19,20)/t9-,10-,11-,12-,14-/m1/s1. The number of carbonyl (C=O) groups is 1. The Morgan fingerprint density at radius 1 is 1.30 bits per heavy atom. The Balaban J connectivity index is 2.17. The molecule has 0 aliphatic carbocycles. The van der Waals surface area contributed by atoms with Gasteiger partial charge in [-0.25, -0.2) is 4.79 Å². The molecule has 0 amide bonds. The smallest absolute Gasteiger partial charge is 0.335 e. The second-order valence-corrected chi connectivity index (χ2v) is 5.01. The molecule has 5 atom stereocenters. The molecule has 1 fully saturated rings. The summed E-state index contributed by atoms with van der Waals surface area (Å²) in [7, 11) is 1.30. The van der Waals surface area contributed by atoms with Crippen molar-refractivity contribution >= 4 is 5.97 Å². The van der Waals surface area contributed by atoms with Crippen LogP contribution in [-0.4, -0.2) is 75.9 Å². The number of ether oxygens (including phenoxy) is 3. The Kier molecular flexibility index (Phi) is 5.39. The van der Waals surface area contributed by atoms with Crippen LogP contribution in [0.1, 0.15) is 10.4 Å². The summed E-state index contributed by atoms with van der Waals surface area (Å²) in [5, 5.41) is 47.9. The van der Waals surface area contributed by atoms with Crippen molar-refractivity contribution in [2.24, 2.45) is 0 Å². The molecule has 0 radical (unpaired) electrons. The molecule has 0 bridgehead atoms. The molecule has 5 N–H and O–H groups in total. The van der Waals surface area contributed by atoms with E-state index in [1.165, 1.54) is 19.2 Å². The predicted octanol–water partition coefficient (Wildman–Crippen LogP) is -1.08. The summed E-state index contributed by atoms with van der Waals surface area (Å²) in [6.07, 6.45) is -6.14. The fourth-order valence-corrected chi connectivity index (χ4v) is 2.32. The molecule has 1 aromatic rings. The summed E-state index contributed by atoms with van der Waals surface area (Å²) in [5.41, 5.74) is -0.146. The van der Waals surface area contributed by atoms with E-state index < -0.39 is 49.0 Å². The quantitative estimate of drug-likeness (QED) is 0.455. The first-order valence-corrected chi connectivity index (χ1v) is 6.77. The lowest BCUT2D eigenvalue weighted by Gasteiger charge is -2.41. The van der Waals surface area contributed by atoms with Gasteiger partial charge >= 0.3 is 5.97 Å². The summed E-state index contributed by atoms with van der Waals surface area (Å²) in [6, 6.07) is 3.37. The molecule has 1 aromatic carbocycles. The van der Waals surface area contributed by atoms with Crippen molar-refractivity contribution in [1.29, 1.82) is 0 Å². The Morgan fingerprint density at radius 2 is 2.00 bits per heavy atom. The van der Waals surface area contributed by atoms with E-state index in [1.54, 1.807) is 0 Å². The Bertz CT molecular complexity index is 559. The monoisotopic (exact) mass is 330 g/mol. The minimum Gasteiger partial charge on any atom is -0.504 e. The van der Waals surface area contributed by atoms with Crippen LogP contribution in [0.4, 0.5) is 0 Å². The van der Waals surface area contributed by atoms with E-state index in [-0.39, 0.29) is 11.3 Å². The van der Waals surface area contributed by atoms with Gasteiger partial charge in [-0.2, -0.15) is 0 Å². The van der Waals surface area contributed by atoms with Crippen LogP contribution in [0.5, 0.6) is 11.5 Å². The molecule has 0 unspecified atom stereocenters. The highest BCUT2D eigenvalue weighted by Crippen LogP contribution is 2.31. The van der Waals surface area contributed by atoms with Gasteiger partial charge in [-0.05, 0) is 18.2 Å². The summed E-state index contributed by atoms with van der Waals surface area (Å²) in [4.78, 5) is 10.8. The molecule has 1 aliphatic rings. The molecule has 0 saturated carbocycles. The maximum atomic E-state index is 10.8. The minimum atomic E-state index is -1.50. The van der Waals surface area contributed by atoms with Gasteiger partial charge in [0.25, 0.3) is 0 Å². The largest absolute Gasteiger partial charge is 0.504 e. The molecular weight excluding hydrogens is 312 g/mol. The number of phenols is 1. The molecule has 9 heteroatoms. The highest BCUT2D eigenvalue weighted by Gasteiger charge is 2.46. The normalized spacial score (nSPS) is 30.9. The van der Waals surface area contributed by atoms with Crippen LogP contribution in [0.2, 0.25) is 0 Å². The average Bonchev–Trinajstić information content (AvgIpc) is 2.53. The van der Waals surface area contributed by atoms with E-state index in [4.69, 9.17) is 19.3 Å². The Hall–Kier alpha value is -1.91. The average molecular weight is 330 g/mol. The van der Waals surface area contributed by atoms with Gasteiger partial charge < -0.3 is 39.7 Å². The summed E-state index contributed by atoms with van der Waals surface area (Å²) in [6.45, 7) is -0.480. The van der Waals surface area contributed by atoms with Crippen LogP contribution >= 0.6 is 0 Å². The molecule has 128 valence electrons. The molecule has 2 rings (SSSR count). The topological polar surface area (TPSA) is 146 Å². The van der Waals surface area contributed by atoms with Crippen LogP contribution in [0, 0.1) is 0 Å². The molecule has 1 heterocycles. The van der Waals surface area contributed by atoms with E-state index in [1.807, 2.05) is 0 Å². The first-order chi connectivity index (χ1) is 10.9. The third-order valence-corrected chi connectivity index (χ3v) is 3.54. The number of aliphatic hydroxyl groups excluding tert-OH is 3. The van der Waals surface area contributed by atoms with E-state index in [0.717, 1.165) is 6.07 Å². The lowest BCUT2D eigenvalue weighted by atomic mass is 9.99. The second-order valence-electron chi connectivity index (χ2n) is 5.01. The maximum Gasteiger partial charge on any atom is 0.335 e. The Morgan fingerprint density at radius 3 is 2.52 bits per heavy atom. The van der Waals surface area contributed by atoms with Crippen LogP contribution < -0.4 is 4.74 Å². The zero-order valence-electron chi connectivity index (χ0n) is 12.2. The number of benzene rings is 1. The number of aliphatic hydroxyl groups is 3. The number of phenolic OH excluding ortho intramolecular Hbond substituents is 1. The van der Waals surface area contributed by atoms with Crippen molar-refractivity contribution < 1.29 is 44.5 Å². The lowest BCUT2D eigenvalue weighted by molar-refractivity contribution is -0.282. The first-order valence-electron chi connectivity index (χ1n) is 6.77. The lowest BCUT2D eigenvalue weighted by Crippen LogP contribution is -2.60. The number of hydrogen-bond acceptors (Lipinski definition) is 8. The third kappa shape index (κ3) is 3.54. The van der Waals surface area contributed by atoms with Gasteiger partial charge in [0.1, 0.15) is 24.4 Å². The van der Waals surface area contributed by atoms with Gasteiger partial charge in [0.05, 0.1) is 12.2 Å². The number of aromatic hydroxyl groups is 1. The van der Waals surface area contributed by atoms with E-state index in [9.17, 15) is 25.2 Å². The van der Waals surface area contributed by atoms with Crippen LogP contribution in [0.3, 0.4) is 0 Å². The molecule has 9 nitrogen and oxygen atoms in total. The van der Waals surface area contributed by atoms with Gasteiger partial charge in [0.15, 0.2) is 11.5 Å².